The second-order valence-corrected chi connectivity index (χ2v) is 15.2. The van der Waals surface area contributed by atoms with Crippen LogP contribution in [0.5, 0.6) is 0 Å². The third kappa shape index (κ3) is 9.05. The lowest BCUT2D eigenvalue weighted by Crippen LogP contribution is -2.40. The van der Waals surface area contributed by atoms with Gasteiger partial charge in [-0.05, 0) is 54.4 Å². The highest BCUT2D eigenvalue weighted by Crippen LogP contribution is 2.81. The minimum Gasteiger partial charge on any atom is -0.309 e. The Balaban J connectivity index is 3.87. The van der Waals surface area contributed by atoms with Crippen LogP contribution < -0.4 is 0 Å². The number of nitrogens with zero attached hydrogens (tertiary/aromatic N) is 4. The lowest BCUT2D eigenvalue weighted by atomic mass is 10.2. The summed E-state index contributed by atoms with van der Waals surface area (Å²) >= 11 is 0. The van der Waals surface area contributed by atoms with Crippen LogP contribution >= 0.6 is 22.8 Å². The molecular weight excluding hydrogens is 557 g/mol. The lowest BCUT2D eigenvalue weighted by Gasteiger charge is -2.42. The van der Waals surface area contributed by atoms with Gasteiger partial charge in [0, 0.05) is 25.6 Å². The molecule has 0 aliphatic carbocycles. The number of aryl methyl sites for hydroxylation is 1. The SMILES string of the molecule is CCOP(=O)(CC(Cc1cn(CCCCC#N)nn1)(P(=O)(OCC)OCC)P(=O)(OCC)OCC)OCC. The first kappa shape index (κ1) is 35.1. The Bertz CT molecular complexity index is 954. The highest BCUT2D eigenvalue weighted by molar-refractivity contribution is 7.75. The van der Waals surface area contributed by atoms with Gasteiger partial charge in [-0.15, -0.1) is 5.10 Å². The van der Waals surface area contributed by atoms with Gasteiger partial charge in [0.15, 0.2) is 4.90 Å². The summed E-state index contributed by atoms with van der Waals surface area (Å²) < 4.78 is 78.9. The van der Waals surface area contributed by atoms with Crippen molar-refractivity contribution in [3.05, 3.63) is 11.9 Å². The maximum absolute atomic E-state index is 14.7. The summed E-state index contributed by atoms with van der Waals surface area (Å²) in [6, 6.07) is 2.10. The zero-order valence-electron chi connectivity index (χ0n) is 23.4. The van der Waals surface area contributed by atoms with Crippen LogP contribution in [0, 0.1) is 11.3 Å². The number of aromatic nitrogens is 3. The van der Waals surface area contributed by atoms with Crippen molar-refractivity contribution in [1.82, 2.24) is 15.0 Å². The van der Waals surface area contributed by atoms with Gasteiger partial charge in [-0.3, -0.25) is 18.4 Å². The molecule has 0 aliphatic rings. The van der Waals surface area contributed by atoms with Crippen molar-refractivity contribution in [2.24, 2.45) is 0 Å². The molecular formula is C22H43N4O9P3. The van der Waals surface area contributed by atoms with Crippen LogP contribution in [0.2, 0.25) is 0 Å². The Labute approximate surface area is 226 Å². The van der Waals surface area contributed by atoms with E-state index in [2.05, 4.69) is 16.4 Å². The maximum atomic E-state index is 14.7. The van der Waals surface area contributed by atoms with E-state index in [4.69, 9.17) is 32.4 Å². The van der Waals surface area contributed by atoms with Crippen LogP contribution in [0.25, 0.3) is 0 Å². The topological polar surface area (TPSA) is 161 Å². The van der Waals surface area contributed by atoms with Crippen molar-refractivity contribution in [3.63, 3.8) is 0 Å². The quantitative estimate of drug-likeness (QED) is 0.113. The second kappa shape index (κ2) is 17.0. The molecule has 0 unspecified atom stereocenters. The van der Waals surface area contributed by atoms with E-state index >= 15 is 0 Å². The molecule has 38 heavy (non-hydrogen) atoms. The van der Waals surface area contributed by atoms with Crippen LogP contribution in [0.4, 0.5) is 0 Å². The third-order valence-electron chi connectivity index (χ3n) is 5.29. The Morgan fingerprint density at radius 3 is 1.71 bits per heavy atom. The summed E-state index contributed by atoms with van der Waals surface area (Å²) in [5.74, 6) is 0. The van der Waals surface area contributed by atoms with E-state index in [0.29, 0.717) is 25.8 Å². The molecule has 13 nitrogen and oxygen atoms in total. The summed E-state index contributed by atoms with van der Waals surface area (Å²) in [6.45, 7) is 10.0. The van der Waals surface area contributed by atoms with Crippen LogP contribution in [0.15, 0.2) is 6.20 Å². The number of rotatable bonds is 22. The minimum absolute atomic E-state index is 0.0212. The molecule has 0 bridgehead atoms. The summed E-state index contributed by atoms with van der Waals surface area (Å²) in [6.07, 6.45) is 2.45. The number of unbranched alkanes of at least 4 members (excludes halogenated alkanes) is 2. The molecule has 0 aromatic carbocycles. The Hall–Kier alpha value is -0.920. The van der Waals surface area contributed by atoms with E-state index in [0.717, 1.165) is 0 Å². The molecule has 0 atom stereocenters. The predicted molar refractivity (Wildman–Crippen MR) is 143 cm³/mol. The summed E-state index contributed by atoms with van der Waals surface area (Å²) in [5.41, 5.74) is 0.282. The molecule has 0 radical (unpaired) electrons. The second-order valence-electron chi connectivity index (χ2n) is 8.02. The zero-order valence-corrected chi connectivity index (χ0v) is 26.1. The van der Waals surface area contributed by atoms with E-state index in [1.54, 1.807) is 52.4 Å². The molecule has 0 N–H and O–H groups in total. The zero-order chi connectivity index (χ0) is 28.7. The molecule has 0 fully saturated rings. The molecule has 1 heterocycles. The first-order chi connectivity index (χ1) is 18.1. The molecule has 16 heteroatoms. The fraction of sp³-hybridized carbons (Fsp3) is 0.864. The molecule has 0 aliphatic heterocycles. The van der Waals surface area contributed by atoms with Gasteiger partial charge in [0.1, 0.15) is 0 Å². The van der Waals surface area contributed by atoms with Gasteiger partial charge in [0.2, 0.25) is 0 Å². The molecule has 0 saturated heterocycles. The van der Waals surface area contributed by atoms with Crippen LogP contribution in [-0.4, -0.2) is 65.7 Å². The Morgan fingerprint density at radius 2 is 1.29 bits per heavy atom. The largest absolute Gasteiger partial charge is 0.349 e. The highest BCUT2D eigenvalue weighted by atomic mass is 31.2. The normalized spacial score (nSPS) is 13.1. The lowest BCUT2D eigenvalue weighted by molar-refractivity contribution is 0.172. The minimum atomic E-state index is -4.43. The van der Waals surface area contributed by atoms with E-state index in [-0.39, 0.29) is 51.8 Å². The van der Waals surface area contributed by atoms with E-state index in [1.165, 1.54) is 0 Å². The van der Waals surface area contributed by atoms with Crippen molar-refractivity contribution in [2.75, 3.05) is 45.8 Å². The first-order valence-electron chi connectivity index (χ1n) is 13.0. The average Bonchev–Trinajstić information content (AvgIpc) is 3.29. The molecule has 0 spiro atoms. The van der Waals surface area contributed by atoms with Gasteiger partial charge < -0.3 is 27.1 Å². The van der Waals surface area contributed by atoms with E-state index in [9.17, 15) is 13.7 Å². The van der Waals surface area contributed by atoms with Crippen LogP contribution in [0.1, 0.15) is 66.5 Å². The molecule has 1 aromatic rings. The fourth-order valence-electron chi connectivity index (χ4n) is 3.94. The highest BCUT2D eigenvalue weighted by Gasteiger charge is 2.68. The molecule has 0 amide bonds. The van der Waals surface area contributed by atoms with Gasteiger partial charge in [-0.25, -0.2) is 0 Å². The summed E-state index contributed by atoms with van der Waals surface area (Å²) in [5, 5.41) is 17.1. The average molecular weight is 601 g/mol. The number of hydrogen-bond donors (Lipinski definition) is 0. The smallest absolute Gasteiger partial charge is 0.309 e. The maximum Gasteiger partial charge on any atom is 0.349 e. The Morgan fingerprint density at radius 1 is 0.816 bits per heavy atom. The standard InChI is InChI=1S/C22H43N4O9P3/c1-7-30-36(27,31-8-2)20-22(37(28,32-9-3)33-10-4,38(29,34-11-5)35-12-6)18-21-19-26(25-24-21)17-15-13-14-16-23/h19H,7-15,17-18,20H2,1-6H3. The van der Waals surface area contributed by atoms with Crippen LogP contribution in [0.3, 0.4) is 0 Å². The van der Waals surface area contributed by atoms with Gasteiger partial charge >= 0.3 is 22.8 Å². The third-order valence-corrected chi connectivity index (χ3v) is 14.6. The molecule has 1 rings (SSSR count). The van der Waals surface area contributed by atoms with Gasteiger partial charge in [-0.1, -0.05) is 5.21 Å². The number of hydrogen-bond acceptors (Lipinski definition) is 12. The monoisotopic (exact) mass is 600 g/mol. The van der Waals surface area contributed by atoms with E-state index < -0.39 is 33.8 Å². The predicted octanol–water partition coefficient (Wildman–Crippen LogP) is 6.01. The van der Waals surface area contributed by atoms with Crippen molar-refractivity contribution in [1.29, 1.82) is 5.26 Å². The summed E-state index contributed by atoms with van der Waals surface area (Å²) in [7, 11) is -12.9. The first-order valence-corrected chi connectivity index (χ1v) is 17.8. The van der Waals surface area contributed by atoms with Gasteiger partial charge in [0.05, 0.1) is 57.6 Å². The number of nitriles is 1. The summed E-state index contributed by atoms with van der Waals surface area (Å²) in [4.78, 5) is -2.14. The van der Waals surface area contributed by atoms with Crippen molar-refractivity contribution < 1.29 is 40.8 Å². The van der Waals surface area contributed by atoms with Crippen molar-refractivity contribution >= 4 is 22.8 Å². The van der Waals surface area contributed by atoms with E-state index in [1.807, 2.05) is 0 Å². The van der Waals surface area contributed by atoms with Crippen LogP contribution in [-0.2, 0) is 53.8 Å². The molecule has 220 valence electrons. The van der Waals surface area contributed by atoms with Crippen molar-refractivity contribution in [3.8, 4) is 6.07 Å². The van der Waals surface area contributed by atoms with Gasteiger partial charge in [0.25, 0.3) is 0 Å². The fourth-order valence-corrected chi connectivity index (χ4v) is 13.2. The molecule has 1 aromatic heterocycles. The Kier molecular flexibility index (Phi) is 15.7. The van der Waals surface area contributed by atoms with Gasteiger partial charge in [-0.2, -0.15) is 5.26 Å². The molecule has 0 saturated carbocycles. The van der Waals surface area contributed by atoms with Crippen molar-refractivity contribution in [2.45, 2.75) is 78.7 Å².